The quantitative estimate of drug-likeness (QED) is 0.543. The number of carbonyl (C=O) groups is 2. The Bertz CT molecular complexity index is 969. The molecule has 25 heavy (non-hydrogen) atoms. The fraction of sp³-hybridized carbons (Fsp3) is 0.0588. The first kappa shape index (κ1) is 17.1. The van der Waals surface area contributed by atoms with E-state index in [0.717, 1.165) is 0 Å². The molecular formula is C17H11Cl2N3O3. The van der Waals surface area contributed by atoms with Gasteiger partial charge >= 0.3 is 5.97 Å². The summed E-state index contributed by atoms with van der Waals surface area (Å²) in [4.78, 5) is 27.9. The van der Waals surface area contributed by atoms with Crippen LogP contribution in [0.2, 0.25) is 5.02 Å². The number of carboxylic acids is 1. The van der Waals surface area contributed by atoms with Gasteiger partial charge in [0, 0.05) is 11.1 Å². The van der Waals surface area contributed by atoms with Crippen molar-refractivity contribution in [1.29, 1.82) is 0 Å². The van der Waals surface area contributed by atoms with E-state index in [1.165, 1.54) is 4.68 Å². The summed E-state index contributed by atoms with van der Waals surface area (Å²) >= 11 is 12.0. The Labute approximate surface area is 152 Å². The van der Waals surface area contributed by atoms with Gasteiger partial charge in [-0.3, -0.25) is 4.79 Å². The molecule has 2 aromatic carbocycles. The highest BCUT2D eigenvalue weighted by atomic mass is 35.5. The number of hydrogen-bond acceptors (Lipinski definition) is 4. The highest BCUT2D eigenvalue weighted by Crippen LogP contribution is 2.24. The van der Waals surface area contributed by atoms with Crippen molar-refractivity contribution < 1.29 is 14.7 Å². The number of carbonyl (C=O) groups excluding carboxylic acids is 1. The third-order valence-corrected chi connectivity index (χ3v) is 4.05. The average molecular weight is 376 g/mol. The van der Waals surface area contributed by atoms with Crippen molar-refractivity contribution in [2.45, 2.75) is 5.88 Å². The zero-order valence-corrected chi connectivity index (χ0v) is 14.2. The van der Waals surface area contributed by atoms with Crippen LogP contribution < -0.4 is 0 Å². The van der Waals surface area contributed by atoms with E-state index < -0.39 is 11.8 Å². The molecule has 126 valence electrons. The monoisotopic (exact) mass is 375 g/mol. The van der Waals surface area contributed by atoms with Gasteiger partial charge in [-0.15, -0.1) is 16.7 Å². The fourth-order valence-electron chi connectivity index (χ4n) is 2.36. The lowest BCUT2D eigenvalue weighted by molar-refractivity contribution is 0.0683. The average Bonchev–Trinajstić information content (AvgIpc) is 3.06. The molecule has 0 unspecified atom stereocenters. The second-order valence-electron chi connectivity index (χ2n) is 5.03. The van der Waals surface area contributed by atoms with Gasteiger partial charge in [-0.05, 0) is 24.3 Å². The molecule has 1 heterocycles. The molecule has 0 spiro atoms. The van der Waals surface area contributed by atoms with Gasteiger partial charge in [-0.2, -0.15) is 0 Å². The van der Waals surface area contributed by atoms with E-state index in [2.05, 4.69) is 10.1 Å². The zero-order chi connectivity index (χ0) is 18.0. The van der Waals surface area contributed by atoms with E-state index in [4.69, 9.17) is 28.3 Å². The van der Waals surface area contributed by atoms with Crippen LogP contribution in [0.15, 0.2) is 48.5 Å². The van der Waals surface area contributed by atoms with E-state index in [-0.39, 0.29) is 17.5 Å². The maximum Gasteiger partial charge on any atom is 0.375 e. The van der Waals surface area contributed by atoms with Gasteiger partial charge < -0.3 is 5.11 Å². The summed E-state index contributed by atoms with van der Waals surface area (Å²) in [5.41, 5.74) is 1.02. The van der Waals surface area contributed by atoms with Crippen LogP contribution in [-0.2, 0) is 5.88 Å². The maximum atomic E-state index is 12.9. The summed E-state index contributed by atoms with van der Waals surface area (Å²) in [6, 6.07) is 13.3. The first-order valence-electron chi connectivity index (χ1n) is 7.16. The molecule has 0 amide bonds. The Morgan fingerprint density at radius 2 is 1.68 bits per heavy atom. The van der Waals surface area contributed by atoms with Crippen molar-refractivity contribution in [3.8, 4) is 5.69 Å². The van der Waals surface area contributed by atoms with Crippen molar-refractivity contribution in [1.82, 2.24) is 14.8 Å². The van der Waals surface area contributed by atoms with Crippen LogP contribution >= 0.6 is 23.2 Å². The van der Waals surface area contributed by atoms with Crippen LogP contribution in [0.3, 0.4) is 0 Å². The van der Waals surface area contributed by atoms with Gasteiger partial charge in [0.25, 0.3) is 5.82 Å². The largest absolute Gasteiger partial charge is 0.475 e. The number of nitrogens with zero attached hydrogens (tertiary/aromatic N) is 3. The highest BCUT2D eigenvalue weighted by Gasteiger charge is 2.21. The minimum atomic E-state index is -1.28. The first-order valence-corrected chi connectivity index (χ1v) is 8.08. The molecule has 0 bridgehead atoms. The van der Waals surface area contributed by atoms with Crippen LogP contribution in [0.25, 0.3) is 5.69 Å². The SMILES string of the molecule is O=C(O)c1nc(CCl)n(-c2ccccc2C(=O)c2ccccc2Cl)n1. The van der Waals surface area contributed by atoms with E-state index in [1.54, 1.807) is 48.5 Å². The highest BCUT2D eigenvalue weighted by molar-refractivity contribution is 6.35. The number of alkyl halides is 1. The fourth-order valence-corrected chi connectivity index (χ4v) is 2.75. The summed E-state index contributed by atoms with van der Waals surface area (Å²) < 4.78 is 1.26. The molecule has 0 radical (unpaired) electrons. The number of halogens is 2. The number of ketones is 1. The Kier molecular flexibility index (Phi) is 4.83. The minimum Gasteiger partial charge on any atom is -0.475 e. The Morgan fingerprint density at radius 3 is 2.32 bits per heavy atom. The summed E-state index contributed by atoms with van der Waals surface area (Å²) in [5, 5.41) is 13.4. The van der Waals surface area contributed by atoms with Crippen LogP contribution in [0.5, 0.6) is 0 Å². The number of aromatic nitrogens is 3. The van der Waals surface area contributed by atoms with Crippen molar-refractivity contribution in [3.63, 3.8) is 0 Å². The predicted molar refractivity (Wildman–Crippen MR) is 92.8 cm³/mol. The molecule has 0 aliphatic carbocycles. The number of aromatic carboxylic acids is 1. The molecule has 0 saturated carbocycles. The summed E-state index contributed by atoms with van der Waals surface area (Å²) in [7, 11) is 0. The normalized spacial score (nSPS) is 10.6. The molecule has 0 atom stereocenters. The van der Waals surface area contributed by atoms with Crippen molar-refractivity contribution >= 4 is 35.0 Å². The third kappa shape index (κ3) is 3.26. The topological polar surface area (TPSA) is 85.1 Å². The lowest BCUT2D eigenvalue weighted by Gasteiger charge is -2.10. The molecular weight excluding hydrogens is 365 g/mol. The van der Waals surface area contributed by atoms with Gasteiger partial charge in [-0.1, -0.05) is 35.9 Å². The number of benzene rings is 2. The number of rotatable bonds is 5. The van der Waals surface area contributed by atoms with Crippen molar-refractivity contribution in [3.05, 3.63) is 76.3 Å². The van der Waals surface area contributed by atoms with Crippen molar-refractivity contribution in [2.24, 2.45) is 0 Å². The second kappa shape index (κ2) is 7.04. The standard InChI is InChI=1S/C17H11Cl2N3O3/c18-9-14-20-16(17(24)25)21-22(14)13-8-4-2-6-11(13)15(23)10-5-1-3-7-12(10)19/h1-8H,9H2,(H,24,25). The summed E-state index contributed by atoms with van der Waals surface area (Å²) in [6.07, 6.45) is 0. The Hall–Kier alpha value is -2.70. The van der Waals surface area contributed by atoms with Gasteiger partial charge in [-0.25, -0.2) is 14.5 Å². The molecule has 0 saturated heterocycles. The lowest BCUT2D eigenvalue weighted by atomic mass is 10.0. The van der Waals surface area contributed by atoms with E-state index in [9.17, 15) is 9.59 Å². The maximum absolute atomic E-state index is 12.9. The second-order valence-corrected chi connectivity index (χ2v) is 5.70. The third-order valence-electron chi connectivity index (χ3n) is 3.48. The van der Waals surface area contributed by atoms with E-state index >= 15 is 0 Å². The van der Waals surface area contributed by atoms with Crippen LogP contribution in [-0.4, -0.2) is 31.6 Å². The van der Waals surface area contributed by atoms with Gasteiger partial charge in [0.15, 0.2) is 5.78 Å². The Balaban J connectivity index is 2.16. The van der Waals surface area contributed by atoms with Gasteiger partial charge in [0.2, 0.25) is 0 Å². The Morgan fingerprint density at radius 1 is 1.04 bits per heavy atom. The van der Waals surface area contributed by atoms with Crippen molar-refractivity contribution in [2.75, 3.05) is 0 Å². The number of carboxylic acid groups (broad SMARTS) is 1. The van der Waals surface area contributed by atoms with Crippen LogP contribution in [0, 0.1) is 0 Å². The molecule has 3 rings (SSSR count). The minimum absolute atomic E-state index is 0.0606. The molecule has 0 fully saturated rings. The molecule has 1 aromatic heterocycles. The molecule has 6 nitrogen and oxygen atoms in total. The van der Waals surface area contributed by atoms with Gasteiger partial charge in [0.05, 0.1) is 16.6 Å². The molecule has 8 heteroatoms. The van der Waals surface area contributed by atoms with E-state index in [0.29, 0.717) is 21.8 Å². The molecule has 0 aliphatic heterocycles. The number of para-hydroxylation sites is 1. The summed E-state index contributed by atoms with van der Waals surface area (Å²) in [5.74, 6) is -1.82. The molecule has 1 N–H and O–H groups in total. The number of hydrogen-bond donors (Lipinski definition) is 1. The zero-order valence-electron chi connectivity index (χ0n) is 12.7. The summed E-state index contributed by atoms with van der Waals surface area (Å²) in [6.45, 7) is 0. The first-order chi connectivity index (χ1) is 12.0. The molecule has 0 aliphatic rings. The van der Waals surface area contributed by atoms with E-state index in [1.807, 2.05) is 0 Å². The lowest BCUT2D eigenvalue weighted by Crippen LogP contribution is -2.11. The smallest absolute Gasteiger partial charge is 0.375 e. The predicted octanol–water partition coefficient (Wildman–Crippen LogP) is 3.59. The molecule has 3 aromatic rings. The van der Waals surface area contributed by atoms with Gasteiger partial charge in [0.1, 0.15) is 5.82 Å². The van der Waals surface area contributed by atoms with Crippen LogP contribution in [0.4, 0.5) is 0 Å². The van der Waals surface area contributed by atoms with Crippen LogP contribution in [0.1, 0.15) is 32.4 Å².